The highest BCUT2D eigenvalue weighted by Gasteiger charge is 2.35. The zero-order valence-corrected chi connectivity index (χ0v) is 12.2. The van der Waals surface area contributed by atoms with Gasteiger partial charge in [-0.1, -0.05) is 13.8 Å². The number of hydrogen-bond acceptors (Lipinski definition) is 5. The molecule has 0 spiro atoms. The monoisotopic (exact) mass is 280 g/mol. The third-order valence-corrected chi connectivity index (χ3v) is 3.27. The van der Waals surface area contributed by atoms with Crippen molar-refractivity contribution in [2.75, 3.05) is 19.4 Å². The average Bonchev–Trinajstić information content (AvgIpc) is 2.44. The van der Waals surface area contributed by atoms with Gasteiger partial charge in [-0.3, -0.25) is 4.79 Å². The fourth-order valence-electron chi connectivity index (χ4n) is 1.77. The van der Waals surface area contributed by atoms with Gasteiger partial charge in [-0.05, 0) is 25.0 Å². The number of carboxylic acid groups (broad SMARTS) is 1. The van der Waals surface area contributed by atoms with Crippen LogP contribution in [0.15, 0.2) is 12.1 Å². The molecular formula is C13H20N4O3. The van der Waals surface area contributed by atoms with E-state index < -0.39 is 11.5 Å². The highest BCUT2D eigenvalue weighted by atomic mass is 16.4. The predicted molar refractivity (Wildman–Crippen MR) is 74.6 cm³/mol. The average molecular weight is 280 g/mol. The Bertz CT molecular complexity index is 481. The van der Waals surface area contributed by atoms with Gasteiger partial charge in [0.05, 0.1) is 0 Å². The third-order valence-electron chi connectivity index (χ3n) is 3.27. The van der Waals surface area contributed by atoms with Crippen LogP contribution < -0.4 is 5.32 Å². The van der Waals surface area contributed by atoms with Crippen LogP contribution in [0, 0.1) is 0 Å². The van der Waals surface area contributed by atoms with Crippen molar-refractivity contribution in [3.05, 3.63) is 17.8 Å². The van der Waals surface area contributed by atoms with Crippen LogP contribution in [0.3, 0.4) is 0 Å². The number of aromatic nitrogens is 2. The quantitative estimate of drug-likeness (QED) is 0.813. The summed E-state index contributed by atoms with van der Waals surface area (Å²) in [5, 5.41) is 19.9. The van der Waals surface area contributed by atoms with Crippen molar-refractivity contribution >= 4 is 17.7 Å². The molecule has 0 fully saturated rings. The zero-order chi connectivity index (χ0) is 15.3. The van der Waals surface area contributed by atoms with Gasteiger partial charge in [0.25, 0.3) is 5.91 Å². The summed E-state index contributed by atoms with van der Waals surface area (Å²) in [6, 6.07) is 3.09. The van der Waals surface area contributed by atoms with Gasteiger partial charge in [-0.15, -0.1) is 10.2 Å². The number of rotatable bonds is 6. The lowest BCUT2D eigenvalue weighted by molar-refractivity contribution is -0.142. The molecule has 7 nitrogen and oxygen atoms in total. The Labute approximate surface area is 118 Å². The number of carboxylic acids is 1. The summed E-state index contributed by atoms with van der Waals surface area (Å²) in [6.07, 6.45) is 0.831. The summed E-state index contributed by atoms with van der Waals surface area (Å²) in [5.41, 5.74) is -0.851. The van der Waals surface area contributed by atoms with Crippen LogP contribution in [0.2, 0.25) is 0 Å². The van der Waals surface area contributed by atoms with E-state index in [1.54, 1.807) is 34.0 Å². The molecule has 0 unspecified atom stereocenters. The molecular weight excluding hydrogens is 260 g/mol. The van der Waals surface area contributed by atoms with Crippen molar-refractivity contribution in [1.29, 1.82) is 0 Å². The van der Waals surface area contributed by atoms with Crippen LogP contribution in [-0.2, 0) is 4.79 Å². The van der Waals surface area contributed by atoms with Crippen molar-refractivity contribution in [1.82, 2.24) is 15.1 Å². The van der Waals surface area contributed by atoms with E-state index in [2.05, 4.69) is 15.5 Å². The third kappa shape index (κ3) is 3.23. The summed E-state index contributed by atoms with van der Waals surface area (Å²) in [7, 11) is 3.25. The normalized spacial score (nSPS) is 11.0. The molecule has 1 amide bonds. The molecule has 1 rings (SSSR count). The molecule has 0 aromatic carbocycles. The Morgan fingerprint density at radius 3 is 2.20 bits per heavy atom. The Morgan fingerprint density at radius 2 is 1.85 bits per heavy atom. The van der Waals surface area contributed by atoms with Crippen molar-refractivity contribution < 1.29 is 14.7 Å². The molecule has 20 heavy (non-hydrogen) atoms. The Hall–Kier alpha value is -2.18. The van der Waals surface area contributed by atoms with Crippen LogP contribution in [0.4, 0.5) is 5.82 Å². The molecule has 1 heterocycles. The van der Waals surface area contributed by atoms with E-state index >= 15 is 0 Å². The lowest BCUT2D eigenvalue weighted by atomic mass is 9.93. The molecule has 0 radical (unpaired) electrons. The van der Waals surface area contributed by atoms with Crippen LogP contribution in [0.5, 0.6) is 0 Å². The number of carbonyl (C=O) groups is 2. The van der Waals surface area contributed by atoms with E-state index in [1.165, 1.54) is 11.0 Å². The molecule has 0 bridgehead atoms. The number of hydrogen-bond donors (Lipinski definition) is 2. The summed E-state index contributed by atoms with van der Waals surface area (Å²) in [5.74, 6) is -0.844. The Kier molecular flexibility index (Phi) is 5.01. The summed E-state index contributed by atoms with van der Waals surface area (Å²) in [4.78, 5) is 24.5. The van der Waals surface area contributed by atoms with Gasteiger partial charge in [-0.2, -0.15) is 0 Å². The van der Waals surface area contributed by atoms with Gasteiger partial charge in [0, 0.05) is 14.1 Å². The van der Waals surface area contributed by atoms with Crippen molar-refractivity contribution in [3.63, 3.8) is 0 Å². The maximum Gasteiger partial charge on any atom is 0.329 e. The first-order valence-corrected chi connectivity index (χ1v) is 6.43. The second-order valence-electron chi connectivity index (χ2n) is 4.72. The van der Waals surface area contributed by atoms with E-state index in [4.69, 9.17) is 0 Å². The SMILES string of the molecule is CCC(CC)(Nc1ccc(C(=O)N(C)C)nn1)C(=O)O. The molecule has 0 aliphatic carbocycles. The lowest BCUT2D eigenvalue weighted by Gasteiger charge is -2.28. The zero-order valence-electron chi connectivity index (χ0n) is 12.2. The lowest BCUT2D eigenvalue weighted by Crippen LogP contribution is -2.45. The molecule has 0 saturated carbocycles. The molecule has 0 aliphatic rings. The predicted octanol–water partition coefficient (Wildman–Crippen LogP) is 1.23. The van der Waals surface area contributed by atoms with E-state index in [-0.39, 0.29) is 11.6 Å². The van der Waals surface area contributed by atoms with E-state index in [0.717, 1.165) is 0 Å². The van der Waals surface area contributed by atoms with Gasteiger partial charge in [-0.25, -0.2) is 4.79 Å². The first-order valence-electron chi connectivity index (χ1n) is 6.43. The van der Waals surface area contributed by atoms with Gasteiger partial charge in [0.2, 0.25) is 0 Å². The molecule has 0 saturated heterocycles. The topological polar surface area (TPSA) is 95.4 Å². The largest absolute Gasteiger partial charge is 0.480 e. The minimum atomic E-state index is -1.07. The first kappa shape index (κ1) is 15.9. The summed E-state index contributed by atoms with van der Waals surface area (Å²) in [6.45, 7) is 3.59. The highest BCUT2D eigenvalue weighted by Crippen LogP contribution is 2.21. The van der Waals surface area contributed by atoms with Crippen LogP contribution in [0.1, 0.15) is 37.2 Å². The molecule has 1 aromatic rings. The van der Waals surface area contributed by atoms with E-state index in [1.807, 2.05) is 0 Å². The van der Waals surface area contributed by atoms with Crippen molar-refractivity contribution in [2.24, 2.45) is 0 Å². The highest BCUT2D eigenvalue weighted by molar-refractivity contribution is 5.91. The minimum absolute atomic E-state index is 0.217. The molecule has 1 aromatic heterocycles. The summed E-state index contributed by atoms with van der Waals surface area (Å²) < 4.78 is 0. The molecule has 110 valence electrons. The summed E-state index contributed by atoms with van der Waals surface area (Å²) >= 11 is 0. The van der Waals surface area contributed by atoms with Crippen molar-refractivity contribution in [2.45, 2.75) is 32.2 Å². The van der Waals surface area contributed by atoms with E-state index in [9.17, 15) is 14.7 Å². The fraction of sp³-hybridized carbons (Fsp3) is 0.538. The number of nitrogens with zero attached hydrogens (tertiary/aromatic N) is 3. The number of anilines is 1. The molecule has 0 atom stereocenters. The molecule has 0 aliphatic heterocycles. The van der Waals surface area contributed by atoms with Gasteiger partial charge in [0.15, 0.2) is 5.69 Å². The number of carbonyl (C=O) groups excluding carboxylic acids is 1. The number of nitrogens with one attached hydrogen (secondary N) is 1. The second kappa shape index (κ2) is 6.31. The minimum Gasteiger partial charge on any atom is -0.480 e. The standard InChI is InChI=1S/C13H20N4O3/c1-5-13(6-2,12(19)20)14-10-8-7-9(15-16-10)11(18)17(3)4/h7-8H,5-6H2,1-4H3,(H,14,16)(H,19,20). The molecule has 7 heteroatoms. The van der Waals surface area contributed by atoms with Gasteiger partial charge < -0.3 is 15.3 Å². The smallest absolute Gasteiger partial charge is 0.329 e. The maximum atomic E-state index is 11.7. The van der Waals surface area contributed by atoms with Crippen molar-refractivity contribution in [3.8, 4) is 0 Å². The molecule has 2 N–H and O–H groups in total. The number of amides is 1. The Morgan fingerprint density at radius 1 is 1.25 bits per heavy atom. The van der Waals surface area contributed by atoms with Gasteiger partial charge >= 0.3 is 5.97 Å². The van der Waals surface area contributed by atoms with Gasteiger partial charge in [0.1, 0.15) is 11.4 Å². The fourth-order valence-corrected chi connectivity index (χ4v) is 1.77. The van der Waals surface area contributed by atoms with Crippen LogP contribution in [0.25, 0.3) is 0 Å². The maximum absolute atomic E-state index is 11.7. The number of aliphatic carboxylic acids is 1. The Balaban J connectivity index is 2.94. The van der Waals surface area contributed by atoms with E-state index in [0.29, 0.717) is 18.7 Å². The van der Waals surface area contributed by atoms with Crippen LogP contribution >= 0.6 is 0 Å². The first-order chi connectivity index (χ1) is 9.36. The van der Waals surface area contributed by atoms with Crippen LogP contribution in [-0.4, -0.2) is 51.7 Å². The second-order valence-corrected chi connectivity index (χ2v) is 4.72.